The van der Waals surface area contributed by atoms with Crippen LogP contribution in [0, 0.1) is 6.92 Å². The molecule has 198 valence electrons. The van der Waals surface area contributed by atoms with E-state index in [0.29, 0.717) is 15.8 Å². The molecule has 0 spiro atoms. The number of aromatic nitrogens is 2. The summed E-state index contributed by atoms with van der Waals surface area (Å²) < 4.78 is 8.39. The van der Waals surface area contributed by atoms with Crippen LogP contribution in [-0.2, 0) is 4.79 Å². The summed E-state index contributed by atoms with van der Waals surface area (Å²) in [5.74, 6) is 0.794. The molecule has 0 bridgehead atoms. The highest BCUT2D eigenvalue weighted by Gasteiger charge is 2.36. The zero-order valence-corrected chi connectivity index (χ0v) is 24.0. The van der Waals surface area contributed by atoms with Crippen LogP contribution >= 0.6 is 24.0 Å². The van der Waals surface area contributed by atoms with Gasteiger partial charge in [0.1, 0.15) is 15.8 Å². The first kappa shape index (κ1) is 26.9. The number of hydrogen-bond donors (Lipinski definition) is 0. The van der Waals surface area contributed by atoms with Crippen LogP contribution in [0.15, 0.2) is 90.0 Å². The second kappa shape index (κ2) is 12.0. The number of carbonyl (C=O) groups is 1. The summed E-state index contributed by atoms with van der Waals surface area (Å²) in [6.45, 7) is 6.91. The maximum Gasteiger partial charge on any atom is 0.266 e. The highest BCUT2D eigenvalue weighted by Crippen LogP contribution is 2.39. The Morgan fingerprint density at radius 1 is 1.05 bits per heavy atom. The molecular formula is C32H31N3O2S2. The minimum atomic E-state index is -0.154. The third-order valence-electron chi connectivity index (χ3n) is 6.75. The molecule has 2 heterocycles. The molecule has 0 saturated carbocycles. The summed E-state index contributed by atoms with van der Waals surface area (Å²) in [5.41, 5.74) is 5.65. The number of carbonyl (C=O) groups excluding carboxylic acids is 1. The van der Waals surface area contributed by atoms with Crippen molar-refractivity contribution < 1.29 is 9.53 Å². The number of thiocarbonyl (C=S) groups is 1. The number of para-hydroxylation sites is 1. The van der Waals surface area contributed by atoms with Gasteiger partial charge in [-0.3, -0.25) is 9.69 Å². The highest BCUT2D eigenvalue weighted by atomic mass is 32.2. The molecule has 4 aromatic rings. The van der Waals surface area contributed by atoms with Gasteiger partial charge in [0.2, 0.25) is 0 Å². The number of amides is 1. The van der Waals surface area contributed by atoms with E-state index in [9.17, 15) is 4.79 Å². The third-order valence-corrected chi connectivity index (χ3v) is 8.08. The smallest absolute Gasteiger partial charge is 0.266 e. The summed E-state index contributed by atoms with van der Waals surface area (Å²) in [6, 6.07) is 25.9. The molecule has 1 aromatic heterocycles. The van der Waals surface area contributed by atoms with E-state index >= 15 is 0 Å². The summed E-state index contributed by atoms with van der Waals surface area (Å²) >= 11 is 7.00. The molecule has 0 aliphatic carbocycles. The van der Waals surface area contributed by atoms with E-state index in [1.54, 1.807) is 4.90 Å². The minimum absolute atomic E-state index is 0.0874. The van der Waals surface area contributed by atoms with Crippen molar-refractivity contribution in [3.8, 4) is 22.7 Å². The van der Waals surface area contributed by atoms with Gasteiger partial charge in [0, 0.05) is 17.3 Å². The van der Waals surface area contributed by atoms with E-state index in [1.807, 2.05) is 96.7 Å². The van der Waals surface area contributed by atoms with E-state index in [4.69, 9.17) is 22.1 Å². The van der Waals surface area contributed by atoms with Gasteiger partial charge in [-0.2, -0.15) is 5.10 Å². The minimum Gasteiger partial charge on any atom is -0.493 e. The largest absolute Gasteiger partial charge is 0.493 e. The maximum atomic E-state index is 13.6. The molecule has 1 aliphatic heterocycles. The van der Waals surface area contributed by atoms with Gasteiger partial charge in [-0.25, -0.2) is 4.68 Å². The number of ether oxygens (including phenoxy) is 1. The predicted molar refractivity (Wildman–Crippen MR) is 164 cm³/mol. The summed E-state index contributed by atoms with van der Waals surface area (Å²) in [5, 5.41) is 4.95. The van der Waals surface area contributed by atoms with Crippen LogP contribution in [-0.4, -0.2) is 31.5 Å². The summed E-state index contributed by atoms with van der Waals surface area (Å²) in [4.78, 5) is 15.9. The second-order valence-electron chi connectivity index (χ2n) is 9.53. The number of hydrogen-bond acceptors (Lipinski definition) is 5. The van der Waals surface area contributed by atoms with Crippen LogP contribution in [0.25, 0.3) is 23.0 Å². The Morgan fingerprint density at radius 2 is 1.77 bits per heavy atom. The molecule has 39 heavy (non-hydrogen) atoms. The van der Waals surface area contributed by atoms with Gasteiger partial charge in [-0.05, 0) is 67.8 Å². The molecule has 1 unspecified atom stereocenters. The lowest BCUT2D eigenvalue weighted by Gasteiger charge is -2.23. The Bertz CT molecular complexity index is 1510. The Morgan fingerprint density at radius 3 is 2.46 bits per heavy atom. The van der Waals surface area contributed by atoms with Crippen LogP contribution < -0.4 is 4.74 Å². The van der Waals surface area contributed by atoms with Crippen molar-refractivity contribution in [2.45, 2.75) is 39.7 Å². The van der Waals surface area contributed by atoms with E-state index in [-0.39, 0.29) is 11.9 Å². The molecule has 0 N–H and O–H groups in total. The highest BCUT2D eigenvalue weighted by molar-refractivity contribution is 8.26. The lowest BCUT2D eigenvalue weighted by molar-refractivity contribution is -0.123. The first-order valence-electron chi connectivity index (χ1n) is 13.2. The molecule has 1 saturated heterocycles. The van der Waals surface area contributed by atoms with Gasteiger partial charge in [0.05, 0.1) is 23.2 Å². The average Bonchev–Trinajstić information content (AvgIpc) is 3.50. The molecule has 1 aliphatic rings. The number of unbranched alkanes of at least 4 members (excludes halogenated alkanes) is 1. The van der Waals surface area contributed by atoms with E-state index in [1.165, 1.54) is 11.8 Å². The topological polar surface area (TPSA) is 47.4 Å². The van der Waals surface area contributed by atoms with Crippen molar-refractivity contribution in [3.05, 3.63) is 107 Å². The molecular weight excluding hydrogens is 523 g/mol. The predicted octanol–water partition coefficient (Wildman–Crippen LogP) is 7.99. The van der Waals surface area contributed by atoms with Crippen LogP contribution in [0.2, 0.25) is 0 Å². The fraction of sp³-hybridized carbons (Fsp3) is 0.219. The van der Waals surface area contributed by atoms with Gasteiger partial charge >= 0.3 is 0 Å². The molecule has 3 aromatic carbocycles. The van der Waals surface area contributed by atoms with Crippen LogP contribution in [0.5, 0.6) is 5.75 Å². The first-order chi connectivity index (χ1) is 19.0. The number of benzene rings is 3. The number of aryl methyl sites for hydroxylation is 1. The van der Waals surface area contributed by atoms with Crippen LogP contribution in [0.3, 0.4) is 0 Å². The van der Waals surface area contributed by atoms with Crippen molar-refractivity contribution in [2.24, 2.45) is 0 Å². The van der Waals surface area contributed by atoms with Crippen LogP contribution in [0.4, 0.5) is 0 Å². The fourth-order valence-electron chi connectivity index (χ4n) is 4.55. The van der Waals surface area contributed by atoms with E-state index < -0.39 is 0 Å². The van der Waals surface area contributed by atoms with Crippen molar-refractivity contribution >= 4 is 40.3 Å². The standard InChI is InChI=1S/C32H31N3O2S2/c1-4-5-18-37-28-17-16-25(19-22(28)2)30-26(21-34(33-30)27-14-10-7-11-15-27)20-29-31(36)35(32(38)39-29)23(3)24-12-8-6-9-13-24/h6-17,19-21,23H,4-5,18H2,1-3H3. The number of nitrogens with zero attached hydrogens (tertiary/aromatic N) is 3. The zero-order chi connectivity index (χ0) is 27.4. The second-order valence-corrected chi connectivity index (χ2v) is 11.2. The zero-order valence-electron chi connectivity index (χ0n) is 22.3. The Labute approximate surface area is 239 Å². The van der Waals surface area contributed by atoms with E-state index in [0.717, 1.165) is 52.2 Å². The average molecular weight is 554 g/mol. The van der Waals surface area contributed by atoms with Crippen molar-refractivity contribution in [3.63, 3.8) is 0 Å². The summed E-state index contributed by atoms with van der Waals surface area (Å²) in [6.07, 6.45) is 6.00. The fourth-order valence-corrected chi connectivity index (χ4v) is 5.96. The maximum absolute atomic E-state index is 13.6. The van der Waals surface area contributed by atoms with Gasteiger partial charge in [-0.1, -0.05) is 85.9 Å². The van der Waals surface area contributed by atoms with Crippen molar-refractivity contribution in [1.29, 1.82) is 0 Å². The molecule has 1 atom stereocenters. The van der Waals surface area contributed by atoms with Crippen LogP contribution in [0.1, 0.15) is 49.4 Å². The van der Waals surface area contributed by atoms with Gasteiger partial charge in [-0.15, -0.1) is 0 Å². The van der Waals surface area contributed by atoms with Gasteiger partial charge in [0.25, 0.3) is 5.91 Å². The summed E-state index contributed by atoms with van der Waals surface area (Å²) in [7, 11) is 0. The van der Waals surface area contributed by atoms with Gasteiger partial charge in [0.15, 0.2) is 0 Å². The quantitative estimate of drug-likeness (QED) is 0.119. The van der Waals surface area contributed by atoms with Crippen molar-refractivity contribution in [2.75, 3.05) is 6.61 Å². The molecule has 5 rings (SSSR count). The lowest BCUT2D eigenvalue weighted by atomic mass is 10.0. The molecule has 1 amide bonds. The molecule has 5 nitrogen and oxygen atoms in total. The third kappa shape index (κ3) is 5.84. The number of rotatable bonds is 9. The Balaban J connectivity index is 1.51. The Hall–Kier alpha value is -3.68. The van der Waals surface area contributed by atoms with Crippen molar-refractivity contribution in [1.82, 2.24) is 14.7 Å². The Kier molecular flexibility index (Phi) is 8.29. The molecule has 0 radical (unpaired) electrons. The molecule has 1 fully saturated rings. The normalized spacial score (nSPS) is 15.3. The van der Waals surface area contributed by atoms with Gasteiger partial charge < -0.3 is 4.74 Å². The monoisotopic (exact) mass is 553 g/mol. The van der Waals surface area contributed by atoms with E-state index in [2.05, 4.69) is 19.9 Å². The lowest BCUT2D eigenvalue weighted by Crippen LogP contribution is -2.30. The SMILES string of the molecule is CCCCOc1ccc(-c2nn(-c3ccccc3)cc2C=C2SC(=S)N(C(C)c3ccccc3)C2=O)cc1C. The molecule has 7 heteroatoms. The first-order valence-corrected chi connectivity index (χ1v) is 14.4. The number of thioether (sulfide) groups is 1.